The van der Waals surface area contributed by atoms with Crippen LogP contribution >= 0.6 is 0 Å². The highest BCUT2D eigenvalue weighted by atomic mass is 16.5. The molecule has 1 rings (SSSR count). The second-order valence-corrected chi connectivity index (χ2v) is 26.9. The van der Waals surface area contributed by atoms with Gasteiger partial charge in [0.2, 0.25) is 65.0 Å². The third-order valence-corrected chi connectivity index (χ3v) is 15.5. The lowest BCUT2D eigenvalue weighted by atomic mass is 9.96. The number of carbonyl (C=O) groups excluding carboxylic acids is 12. The molecule has 7 unspecified atom stereocenters. The van der Waals surface area contributed by atoms with Crippen LogP contribution in [0.3, 0.4) is 0 Å². The van der Waals surface area contributed by atoms with Crippen molar-refractivity contribution in [2.45, 2.75) is 272 Å². The Kier molecular flexibility index (Phi) is 39.2. The lowest BCUT2D eigenvalue weighted by molar-refractivity contribution is -0.158. The standard InChI is InChI=1S/C64H111N11O20/c1-15-17-18-19-20-21-39(78)27-49(79)65-40(22-32(3)4)54(84)69-45(28-50(80)81)59(89)75-53-38(14)95-64(94)46(29-51(82)83)71-62(92)52(37(13)16-2)74-58(88)44(26-36(11)12)68-61(91)48(31-77)73-57(87)42(24-34(7)8)67-60(90)47(30-76)72-56(86)41(23-33(5)6)66-55(85)43(25-35(9)10)70-63(53)93/h32-48,52-53,76-78H,15-31H2,1-14H3,(H,65,79)(H,66,85)(H,67,90)(H,68,91)(H,69,84)(H,70,93)(H,71,92)(H,72,86)(H,73,87)(H,74,88)(H,75,89)(H,80,81)(H,82,83)/t37-,38-,39+,40?,41?,42?,43?,44?,45?,46?,47+,48+,52-,53+/m0/s1. The average molecular weight is 1350 g/mol. The Balaban J connectivity index is 4.29. The number of esters is 1. The summed E-state index contributed by atoms with van der Waals surface area (Å²) < 4.78 is 5.68. The molecular weight excluding hydrogens is 1240 g/mol. The van der Waals surface area contributed by atoms with Crippen LogP contribution in [0.25, 0.3) is 0 Å². The van der Waals surface area contributed by atoms with E-state index in [0.29, 0.717) is 12.8 Å². The number of carbonyl (C=O) groups is 14. The van der Waals surface area contributed by atoms with Crippen LogP contribution in [-0.4, -0.2) is 200 Å². The smallest absolute Gasteiger partial charge is 0.329 e. The lowest BCUT2D eigenvalue weighted by Gasteiger charge is -2.31. The molecule has 1 saturated heterocycles. The first kappa shape index (κ1) is 85.5. The van der Waals surface area contributed by atoms with Crippen LogP contribution in [0.5, 0.6) is 0 Å². The summed E-state index contributed by atoms with van der Waals surface area (Å²) in [6, 6.07) is -19.0. The van der Waals surface area contributed by atoms with Gasteiger partial charge in [0.25, 0.3) is 0 Å². The molecule has 31 heteroatoms. The van der Waals surface area contributed by atoms with E-state index in [-0.39, 0.29) is 68.6 Å². The molecule has 95 heavy (non-hydrogen) atoms. The first-order chi connectivity index (χ1) is 44.4. The van der Waals surface area contributed by atoms with E-state index in [1.54, 1.807) is 76.2 Å². The van der Waals surface area contributed by atoms with Crippen LogP contribution in [0.4, 0.5) is 0 Å². The number of aliphatic hydroxyl groups is 3. The first-order valence-corrected chi connectivity index (χ1v) is 33.2. The third-order valence-electron chi connectivity index (χ3n) is 15.5. The fourth-order valence-corrected chi connectivity index (χ4v) is 10.3. The van der Waals surface area contributed by atoms with Gasteiger partial charge >= 0.3 is 17.9 Å². The van der Waals surface area contributed by atoms with Gasteiger partial charge in [-0.15, -0.1) is 0 Å². The molecule has 542 valence electrons. The van der Waals surface area contributed by atoms with Crippen molar-refractivity contribution in [1.82, 2.24) is 58.5 Å². The maximum atomic E-state index is 14.9. The van der Waals surface area contributed by atoms with E-state index >= 15 is 0 Å². The number of hydrogen-bond acceptors (Lipinski definition) is 18. The van der Waals surface area contributed by atoms with Crippen LogP contribution < -0.4 is 58.5 Å². The van der Waals surface area contributed by atoms with Gasteiger partial charge in [-0.3, -0.25) is 62.3 Å². The van der Waals surface area contributed by atoms with Crippen LogP contribution in [0.15, 0.2) is 0 Å². The summed E-state index contributed by atoms with van der Waals surface area (Å²) in [5, 5.41) is 78.6. The summed E-state index contributed by atoms with van der Waals surface area (Å²) in [4.78, 5) is 195. The topological polar surface area (TPSA) is 482 Å². The van der Waals surface area contributed by atoms with Crippen molar-refractivity contribution in [3.05, 3.63) is 0 Å². The SMILES string of the molecule is CCCCCCC[C@@H](O)CC(=O)NC(CC(C)C)C(=O)NC(CC(=O)O)C(=O)N[C@H]1C(=O)NC(CC(C)C)C(=O)NC(CC(C)C)C(=O)N[C@H](CO)C(=O)NC(CC(C)C)C(=O)N[C@H](CO)C(=O)NC(CC(C)C)C(=O)N[C@@H]([C@@H](C)CC)C(=O)NC(CC(=O)O)C(=O)O[C@H]1C. The number of aliphatic carboxylic acids is 2. The second kappa shape index (κ2) is 43.5. The number of unbranched alkanes of at least 4 members (excludes halogenated alkanes) is 4. The third kappa shape index (κ3) is 32.6. The van der Waals surface area contributed by atoms with E-state index in [1.807, 2.05) is 0 Å². The zero-order valence-corrected chi connectivity index (χ0v) is 57.9. The van der Waals surface area contributed by atoms with Gasteiger partial charge in [0.1, 0.15) is 72.6 Å². The Morgan fingerprint density at radius 3 is 1.28 bits per heavy atom. The Morgan fingerprint density at radius 1 is 0.474 bits per heavy atom. The highest BCUT2D eigenvalue weighted by molar-refractivity contribution is 6.00. The molecule has 0 saturated carbocycles. The predicted molar refractivity (Wildman–Crippen MR) is 346 cm³/mol. The highest BCUT2D eigenvalue weighted by Gasteiger charge is 2.41. The van der Waals surface area contributed by atoms with Gasteiger partial charge in [-0.2, -0.15) is 0 Å². The summed E-state index contributed by atoms with van der Waals surface area (Å²) in [5.41, 5.74) is 0. The fraction of sp³-hybridized carbons (Fsp3) is 0.781. The van der Waals surface area contributed by atoms with Crippen LogP contribution in [0, 0.1) is 35.5 Å². The summed E-state index contributed by atoms with van der Waals surface area (Å²) in [6.45, 7) is 21.1. The molecule has 0 spiro atoms. The first-order valence-electron chi connectivity index (χ1n) is 33.2. The predicted octanol–water partition coefficient (Wildman–Crippen LogP) is -0.413. The van der Waals surface area contributed by atoms with Crippen molar-refractivity contribution in [1.29, 1.82) is 0 Å². The normalized spacial score (nSPS) is 24.2. The second-order valence-electron chi connectivity index (χ2n) is 26.9. The molecule has 14 atom stereocenters. The van der Waals surface area contributed by atoms with E-state index in [0.717, 1.165) is 32.6 Å². The molecule has 0 aromatic rings. The van der Waals surface area contributed by atoms with Crippen molar-refractivity contribution in [2.75, 3.05) is 13.2 Å². The minimum atomic E-state index is -2.20. The molecule has 16 N–H and O–H groups in total. The molecule has 31 nitrogen and oxygen atoms in total. The van der Waals surface area contributed by atoms with Crippen LogP contribution in [-0.2, 0) is 71.9 Å². The molecule has 1 aliphatic rings. The maximum absolute atomic E-state index is 14.9. The van der Waals surface area contributed by atoms with Crippen molar-refractivity contribution in [3.8, 4) is 0 Å². The molecule has 1 fully saturated rings. The quantitative estimate of drug-likeness (QED) is 0.0310. The van der Waals surface area contributed by atoms with E-state index in [9.17, 15) is 92.7 Å². The van der Waals surface area contributed by atoms with E-state index < -0.39 is 199 Å². The van der Waals surface area contributed by atoms with E-state index in [1.165, 1.54) is 6.92 Å². The maximum Gasteiger partial charge on any atom is 0.329 e. The average Bonchev–Trinajstić information content (AvgIpc) is 0.928. The summed E-state index contributed by atoms with van der Waals surface area (Å²) in [7, 11) is 0. The Morgan fingerprint density at radius 2 is 0.884 bits per heavy atom. The largest absolute Gasteiger partial charge is 0.481 e. The summed E-state index contributed by atoms with van der Waals surface area (Å²) >= 11 is 0. The molecule has 0 aromatic heterocycles. The molecular formula is C64H111N11O20. The number of carboxylic acids is 2. The van der Waals surface area contributed by atoms with E-state index in [4.69, 9.17) is 4.74 Å². The number of nitrogens with one attached hydrogen (secondary N) is 11. The summed E-state index contributed by atoms with van der Waals surface area (Å²) in [6.07, 6.45) is -1.39. The zero-order valence-electron chi connectivity index (χ0n) is 57.9. The minimum absolute atomic E-state index is 0.0411. The van der Waals surface area contributed by atoms with Gasteiger partial charge in [0.15, 0.2) is 0 Å². The van der Waals surface area contributed by atoms with Crippen molar-refractivity contribution < 1.29 is 97.4 Å². The highest BCUT2D eigenvalue weighted by Crippen LogP contribution is 2.17. The Labute approximate surface area is 557 Å². The molecule has 1 heterocycles. The van der Waals surface area contributed by atoms with Crippen LogP contribution in [0.1, 0.15) is 193 Å². The van der Waals surface area contributed by atoms with Crippen LogP contribution in [0.2, 0.25) is 0 Å². The van der Waals surface area contributed by atoms with Gasteiger partial charge in [0, 0.05) is 0 Å². The molecule has 11 amide bonds. The number of cyclic esters (lactones) is 1. The number of rotatable bonds is 31. The lowest BCUT2D eigenvalue weighted by Crippen LogP contribution is -2.63. The van der Waals surface area contributed by atoms with Gasteiger partial charge in [-0.1, -0.05) is 129 Å². The van der Waals surface area contributed by atoms with Gasteiger partial charge in [-0.05, 0) is 81.0 Å². The molecule has 0 bridgehead atoms. The molecule has 0 radical (unpaired) electrons. The fourth-order valence-electron chi connectivity index (χ4n) is 10.3. The number of carboxylic acid groups (broad SMARTS) is 2. The minimum Gasteiger partial charge on any atom is -0.481 e. The van der Waals surface area contributed by atoms with Crippen molar-refractivity contribution in [3.63, 3.8) is 0 Å². The molecule has 0 aliphatic carbocycles. The van der Waals surface area contributed by atoms with Gasteiger partial charge < -0.3 is 88.8 Å². The Hall–Kier alpha value is -7.54. The number of ether oxygens (including phenoxy) is 1. The monoisotopic (exact) mass is 1350 g/mol. The molecule has 1 aliphatic heterocycles. The summed E-state index contributed by atoms with van der Waals surface area (Å²) in [5.74, 6) is -19.2. The van der Waals surface area contributed by atoms with Gasteiger partial charge in [-0.25, -0.2) is 4.79 Å². The van der Waals surface area contributed by atoms with Crippen molar-refractivity contribution >= 4 is 82.9 Å². The van der Waals surface area contributed by atoms with Gasteiger partial charge in [0.05, 0.1) is 38.6 Å². The number of aliphatic hydroxyl groups excluding tert-OH is 3. The van der Waals surface area contributed by atoms with E-state index in [2.05, 4.69) is 65.4 Å². The van der Waals surface area contributed by atoms with Crippen molar-refractivity contribution in [2.24, 2.45) is 35.5 Å². The zero-order chi connectivity index (χ0) is 72.6. The molecule has 0 aromatic carbocycles. The number of hydrogen-bond donors (Lipinski definition) is 16. The number of amides is 11. The Bertz CT molecular complexity index is 2570.